The lowest BCUT2D eigenvalue weighted by Gasteiger charge is -2.11. The van der Waals surface area contributed by atoms with E-state index in [4.69, 9.17) is 4.74 Å². The van der Waals surface area contributed by atoms with Crippen LogP contribution < -0.4 is 14.8 Å². The molecule has 0 unspecified atom stereocenters. The molecule has 0 atom stereocenters. The molecule has 0 amide bonds. The summed E-state index contributed by atoms with van der Waals surface area (Å²) in [5.74, 6) is 1.41. The van der Waals surface area contributed by atoms with Gasteiger partial charge in [0.25, 0.3) is 10.0 Å². The second-order valence-electron chi connectivity index (χ2n) is 5.83. The van der Waals surface area contributed by atoms with Gasteiger partial charge in [-0.25, -0.2) is 8.42 Å². The number of anilines is 2. The third-order valence-electron chi connectivity index (χ3n) is 3.25. The molecule has 1 aromatic carbocycles. The maximum atomic E-state index is 12.4. The lowest BCUT2D eigenvalue weighted by atomic mass is 10.3. The Morgan fingerprint density at radius 3 is 2.24 bits per heavy atom. The van der Waals surface area contributed by atoms with Crippen molar-refractivity contribution in [1.82, 2.24) is 10.2 Å². The van der Waals surface area contributed by atoms with Crippen molar-refractivity contribution in [3.05, 3.63) is 36.4 Å². The standard InChI is InChI=1S/C17H24N4O3S/c1-4-5-12-18-16-10-11-17(20-19-16)21-25(22,23)15-8-6-14(7-9-15)24-13(2)3/h6-11,13H,4-5,12H2,1-3H3,(H,18,19)(H,20,21). The molecule has 0 saturated heterocycles. The molecule has 0 saturated carbocycles. The van der Waals surface area contributed by atoms with Gasteiger partial charge >= 0.3 is 0 Å². The summed E-state index contributed by atoms with van der Waals surface area (Å²) in [4.78, 5) is 0.135. The highest BCUT2D eigenvalue weighted by molar-refractivity contribution is 7.92. The van der Waals surface area contributed by atoms with Crippen LogP contribution in [0.3, 0.4) is 0 Å². The molecule has 2 N–H and O–H groups in total. The molecular weight excluding hydrogens is 340 g/mol. The molecule has 0 spiro atoms. The first kappa shape index (κ1) is 19.0. The van der Waals surface area contributed by atoms with Crippen molar-refractivity contribution in [2.24, 2.45) is 0 Å². The van der Waals surface area contributed by atoms with E-state index in [1.807, 2.05) is 13.8 Å². The highest BCUT2D eigenvalue weighted by Gasteiger charge is 2.15. The van der Waals surface area contributed by atoms with Crippen LogP contribution in [0.1, 0.15) is 33.6 Å². The van der Waals surface area contributed by atoms with Crippen LogP contribution in [0.2, 0.25) is 0 Å². The third kappa shape index (κ3) is 5.90. The molecular formula is C17H24N4O3S. The normalized spacial score (nSPS) is 11.4. The summed E-state index contributed by atoms with van der Waals surface area (Å²) in [6, 6.07) is 9.51. The fourth-order valence-electron chi connectivity index (χ4n) is 2.04. The van der Waals surface area contributed by atoms with Crippen molar-refractivity contribution in [1.29, 1.82) is 0 Å². The minimum atomic E-state index is -3.72. The van der Waals surface area contributed by atoms with Crippen LogP contribution in [-0.4, -0.2) is 31.3 Å². The predicted octanol–water partition coefficient (Wildman–Crippen LogP) is 3.28. The number of nitrogens with zero attached hydrogens (tertiary/aromatic N) is 2. The highest BCUT2D eigenvalue weighted by atomic mass is 32.2. The van der Waals surface area contributed by atoms with Gasteiger partial charge in [-0.05, 0) is 56.7 Å². The van der Waals surface area contributed by atoms with Crippen LogP contribution in [0.5, 0.6) is 5.75 Å². The van der Waals surface area contributed by atoms with Gasteiger partial charge in [-0.3, -0.25) is 4.72 Å². The van der Waals surface area contributed by atoms with Gasteiger partial charge in [0.1, 0.15) is 11.6 Å². The fourth-order valence-corrected chi connectivity index (χ4v) is 3.04. The van der Waals surface area contributed by atoms with E-state index in [0.717, 1.165) is 19.4 Å². The van der Waals surface area contributed by atoms with Gasteiger partial charge < -0.3 is 10.1 Å². The number of sulfonamides is 1. The van der Waals surface area contributed by atoms with Crippen LogP contribution >= 0.6 is 0 Å². The number of benzene rings is 1. The predicted molar refractivity (Wildman–Crippen MR) is 98.4 cm³/mol. The van der Waals surface area contributed by atoms with Crippen LogP contribution in [-0.2, 0) is 10.0 Å². The van der Waals surface area contributed by atoms with Crippen LogP contribution in [0.15, 0.2) is 41.3 Å². The van der Waals surface area contributed by atoms with Crippen LogP contribution in [0, 0.1) is 0 Å². The second-order valence-corrected chi connectivity index (χ2v) is 7.51. The van der Waals surface area contributed by atoms with E-state index >= 15 is 0 Å². The molecule has 7 nitrogen and oxygen atoms in total. The van der Waals surface area contributed by atoms with Crippen molar-refractivity contribution >= 4 is 21.7 Å². The molecule has 8 heteroatoms. The molecule has 2 rings (SSSR count). The molecule has 25 heavy (non-hydrogen) atoms. The first-order valence-electron chi connectivity index (χ1n) is 8.28. The molecule has 0 fully saturated rings. The quantitative estimate of drug-likeness (QED) is 0.663. The number of rotatable bonds is 9. The van der Waals surface area contributed by atoms with E-state index in [1.54, 1.807) is 24.3 Å². The number of nitrogens with one attached hydrogen (secondary N) is 2. The minimum absolute atomic E-state index is 0.0281. The summed E-state index contributed by atoms with van der Waals surface area (Å²) in [7, 11) is -3.72. The Morgan fingerprint density at radius 1 is 1.04 bits per heavy atom. The van der Waals surface area contributed by atoms with E-state index in [2.05, 4.69) is 27.2 Å². The van der Waals surface area contributed by atoms with Gasteiger partial charge in [0.2, 0.25) is 0 Å². The molecule has 0 bridgehead atoms. The molecule has 1 heterocycles. The zero-order valence-electron chi connectivity index (χ0n) is 14.7. The molecule has 2 aromatic rings. The summed E-state index contributed by atoms with van der Waals surface area (Å²) in [6.07, 6.45) is 2.15. The molecule has 0 aliphatic rings. The van der Waals surface area contributed by atoms with Crippen LogP contribution in [0.4, 0.5) is 11.6 Å². The Labute approximate surface area is 148 Å². The summed E-state index contributed by atoms with van der Waals surface area (Å²) >= 11 is 0. The Bertz CT molecular complexity index is 759. The number of aromatic nitrogens is 2. The lowest BCUT2D eigenvalue weighted by Crippen LogP contribution is -2.15. The van der Waals surface area contributed by atoms with E-state index in [-0.39, 0.29) is 16.8 Å². The van der Waals surface area contributed by atoms with Gasteiger partial charge in [0.15, 0.2) is 5.82 Å². The number of hydrogen-bond donors (Lipinski definition) is 2. The molecule has 0 aliphatic heterocycles. The summed E-state index contributed by atoms with van der Waals surface area (Å²) in [5.41, 5.74) is 0. The number of unbranched alkanes of at least 4 members (excludes halogenated alkanes) is 1. The maximum absolute atomic E-state index is 12.4. The number of ether oxygens (including phenoxy) is 1. The van der Waals surface area contributed by atoms with Gasteiger partial charge in [-0.15, -0.1) is 10.2 Å². The lowest BCUT2D eigenvalue weighted by molar-refractivity contribution is 0.242. The van der Waals surface area contributed by atoms with E-state index in [1.165, 1.54) is 12.1 Å². The minimum Gasteiger partial charge on any atom is -0.491 e. The van der Waals surface area contributed by atoms with Crippen molar-refractivity contribution < 1.29 is 13.2 Å². The SMILES string of the molecule is CCCCNc1ccc(NS(=O)(=O)c2ccc(OC(C)C)cc2)nn1. The van der Waals surface area contributed by atoms with Crippen LogP contribution in [0.25, 0.3) is 0 Å². The second kappa shape index (κ2) is 8.66. The first-order valence-corrected chi connectivity index (χ1v) is 9.76. The van der Waals surface area contributed by atoms with E-state index in [9.17, 15) is 8.42 Å². The summed E-state index contributed by atoms with van der Waals surface area (Å²) in [6.45, 7) is 6.73. The fraction of sp³-hybridized carbons (Fsp3) is 0.412. The molecule has 0 aliphatic carbocycles. The average molecular weight is 364 g/mol. The highest BCUT2D eigenvalue weighted by Crippen LogP contribution is 2.19. The maximum Gasteiger partial charge on any atom is 0.263 e. The Morgan fingerprint density at radius 2 is 1.68 bits per heavy atom. The first-order chi connectivity index (χ1) is 11.9. The topological polar surface area (TPSA) is 93.2 Å². The smallest absolute Gasteiger partial charge is 0.263 e. The molecule has 136 valence electrons. The van der Waals surface area contributed by atoms with E-state index < -0.39 is 10.0 Å². The molecule has 0 radical (unpaired) electrons. The van der Waals surface area contributed by atoms with E-state index in [0.29, 0.717) is 11.6 Å². The summed E-state index contributed by atoms with van der Waals surface area (Å²) < 4.78 is 32.7. The largest absolute Gasteiger partial charge is 0.491 e. The number of hydrogen-bond acceptors (Lipinski definition) is 6. The van der Waals surface area contributed by atoms with Gasteiger partial charge in [0.05, 0.1) is 11.0 Å². The van der Waals surface area contributed by atoms with Crippen molar-refractivity contribution in [2.75, 3.05) is 16.6 Å². The van der Waals surface area contributed by atoms with Gasteiger partial charge in [0, 0.05) is 6.54 Å². The van der Waals surface area contributed by atoms with Crippen molar-refractivity contribution in [2.45, 2.75) is 44.6 Å². The van der Waals surface area contributed by atoms with Gasteiger partial charge in [-0.2, -0.15) is 0 Å². The Hall–Kier alpha value is -2.35. The molecule has 1 aromatic heterocycles. The zero-order valence-corrected chi connectivity index (χ0v) is 15.5. The van der Waals surface area contributed by atoms with Crippen molar-refractivity contribution in [3.8, 4) is 5.75 Å². The third-order valence-corrected chi connectivity index (χ3v) is 4.62. The average Bonchev–Trinajstić information content (AvgIpc) is 2.56. The summed E-state index contributed by atoms with van der Waals surface area (Å²) in [5, 5.41) is 11.0. The Balaban J connectivity index is 2.02. The Kier molecular flexibility index (Phi) is 6.58. The van der Waals surface area contributed by atoms with Gasteiger partial charge in [-0.1, -0.05) is 13.3 Å². The monoisotopic (exact) mass is 364 g/mol. The van der Waals surface area contributed by atoms with Crippen molar-refractivity contribution in [3.63, 3.8) is 0 Å². The zero-order chi connectivity index (χ0) is 18.3.